The predicted octanol–water partition coefficient (Wildman–Crippen LogP) is 1.91. The summed E-state index contributed by atoms with van der Waals surface area (Å²) in [6, 6.07) is 0. The number of hydrogen-bond acceptors (Lipinski definition) is 2. The second kappa shape index (κ2) is 4.58. The minimum absolute atomic E-state index is 0.552. The Morgan fingerprint density at radius 2 is 2.46 bits per heavy atom. The molecule has 0 fully saturated rings. The van der Waals surface area contributed by atoms with Crippen LogP contribution in [0.4, 0.5) is 0 Å². The molecule has 0 atom stereocenters. The molecule has 1 aromatic heterocycles. The van der Waals surface area contributed by atoms with Gasteiger partial charge in [-0.15, -0.1) is 0 Å². The number of nitrogens with two attached hydrogens (primary N) is 1. The first-order valence-corrected chi connectivity index (χ1v) is 4.86. The largest absolute Gasteiger partial charge is 0.393 e. The number of halogens is 1. The molecule has 2 N–H and O–H groups in total. The van der Waals surface area contributed by atoms with Crippen LogP contribution in [0.2, 0.25) is 5.02 Å². The normalized spacial score (nSPS) is 10.3. The molecule has 0 unspecified atom stereocenters. The van der Waals surface area contributed by atoms with E-state index in [0.717, 1.165) is 25.1 Å². The lowest BCUT2D eigenvalue weighted by Crippen LogP contribution is -2.10. The van der Waals surface area contributed by atoms with E-state index in [4.69, 9.17) is 29.6 Å². The Hall–Kier alpha value is -0.610. The minimum atomic E-state index is 0.552. The Labute approximate surface area is 87.9 Å². The molecule has 0 aliphatic carbocycles. The summed E-state index contributed by atoms with van der Waals surface area (Å²) in [5, 5.41) is 4.82. The lowest BCUT2D eigenvalue weighted by Gasteiger charge is -2.03. The van der Waals surface area contributed by atoms with Crippen molar-refractivity contribution in [3.05, 3.63) is 16.9 Å². The lowest BCUT2D eigenvalue weighted by atomic mass is 10.3. The predicted molar refractivity (Wildman–Crippen MR) is 58.0 cm³/mol. The number of aromatic nitrogens is 2. The van der Waals surface area contributed by atoms with Gasteiger partial charge in [0.05, 0.1) is 21.9 Å². The number of rotatable bonds is 4. The van der Waals surface area contributed by atoms with Crippen LogP contribution in [-0.4, -0.2) is 14.8 Å². The molecule has 0 saturated heterocycles. The Balaban J connectivity index is 2.45. The van der Waals surface area contributed by atoms with Crippen molar-refractivity contribution < 1.29 is 0 Å². The van der Waals surface area contributed by atoms with E-state index in [1.165, 1.54) is 0 Å². The van der Waals surface area contributed by atoms with E-state index in [9.17, 15) is 0 Å². The van der Waals surface area contributed by atoms with Crippen molar-refractivity contribution in [2.75, 3.05) is 0 Å². The first kappa shape index (κ1) is 10.5. The van der Waals surface area contributed by atoms with Crippen molar-refractivity contribution in [2.45, 2.75) is 26.3 Å². The zero-order valence-corrected chi connectivity index (χ0v) is 9.03. The van der Waals surface area contributed by atoms with Crippen molar-refractivity contribution in [2.24, 2.45) is 5.73 Å². The molecule has 0 amide bonds. The Morgan fingerprint density at radius 3 is 2.92 bits per heavy atom. The van der Waals surface area contributed by atoms with Crippen molar-refractivity contribution >= 4 is 28.8 Å². The van der Waals surface area contributed by atoms with Crippen LogP contribution in [0.5, 0.6) is 0 Å². The molecule has 1 rings (SSSR count). The van der Waals surface area contributed by atoms with Gasteiger partial charge in [0.15, 0.2) is 0 Å². The Morgan fingerprint density at radius 1 is 1.77 bits per heavy atom. The summed E-state index contributed by atoms with van der Waals surface area (Å²) >= 11 is 10.6. The van der Waals surface area contributed by atoms with E-state index in [2.05, 4.69) is 5.10 Å². The van der Waals surface area contributed by atoms with Crippen LogP contribution in [0.25, 0.3) is 0 Å². The molecule has 0 aliphatic heterocycles. The molecular formula is C8H12ClN3S. The van der Waals surface area contributed by atoms with Crippen LogP contribution in [0, 0.1) is 6.92 Å². The highest BCUT2D eigenvalue weighted by Gasteiger charge is 2.02. The average molecular weight is 218 g/mol. The summed E-state index contributed by atoms with van der Waals surface area (Å²) in [4.78, 5) is 0.552. The maximum Gasteiger partial charge on any atom is 0.0814 e. The lowest BCUT2D eigenvalue weighted by molar-refractivity contribution is 0.575. The standard InChI is InChI=1S/C8H12ClN3S/c1-6-7(9)5-11-12(6)4-2-3-8(10)13/h5H,2-4H2,1H3,(H2,10,13). The van der Waals surface area contributed by atoms with E-state index < -0.39 is 0 Å². The average Bonchev–Trinajstić information content (AvgIpc) is 2.35. The van der Waals surface area contributed by atoms with E-state index in [0.29, 0.717) is 10.0 Å². The van der Waals surface area contributed by atoms with E-state index in [1.807, 2.05) is 11.6 Å². The van der Waals surface area contributed by atoms with Gasteiger partial charge in [-0.2, -0.15) is 5.10 Å². The van der Waals surface area contributed by atoms with Gasteiger partial charge in [-0.1, -0.05) is 23.8 Å². The third-order valence-corrected chi connectivity index (χ3v) is 2.41. The number of thiocarbonyl (C=S) groups is 1. The van der Waals surface area contributed by atoms with Crippen LogP contribution in [0.15, 0.2) is 6.20 Å². The smallest absolute Gasteiger partial charge is 0.0814 e. The summed E-state index contributed by atoms with van der Waals surface area (Å²) in [7, 11) is 0. The maximum atomic E-state index is 5.84. The zero-order chi connectivity index (χ0) is 9.84. The van der Waals surface area contributed by atoms with Crippen molar-refractivity contribution in [3.63, 3.8) is 0 Å². The molecule has 0 spiro atoms. The molecule has 72 valence electrons. The van der Waals surface area contributed by atoms with E-state index in [-0.39, 0.29) is 0 Å². The van der Waals surface area contributed by atoms with E-state index >= 15 is 0 Å². The Bertz CT molecular complexity index is 308. The van der Waals surface area contributed by atoms with Gasteiger partial charge in [-0.05, 0) is 19.8 Å². The van der Waals surface area contributed by atoms with Gasteiger partial charge in [0.2, 0.25) is 0 Å². The highest BCUT2D eigenvalue weighted by molar-refractivity contribution is 7.80. The van der Waals surface area contributed by atoms with Crippen molar-refractivity contribution in [3.8, 4) is 0 Å². The molecular weight excluding hydrogens is 206 g/mol. The van der Waals surface area contributed by atoms with Crippen LogP contribution in [0.3, 0.4) is 0 Å². The molecule has 1 aromatic rings. The van der Waals surface area contributed by atoms with Gasteiger partial charge < -0.3 is 5.73 Å². The van der Waals surface area contributed by atoms with Crippen LogP contribution in [0.1, 0.15) is 18.5 Å². The Kier molecular flexibility index (Phi) is 3.69. The molecule has 0 aliphatic rings. The third-order valence-electron chi connectivity index (χ3n) is 1.84. The van der Waals surface area contributed by atoms with Gasteiger partial charge in [-0.3, -0.25) is 4.68 Å². The van der Waals surface area contributed by atoms with Gasteiger partial charge in [0.25, 0.3) is 0 Å². The molecule has 0 radical (unpaired) electrons. The molecule has 0 aromatic carbocycles. The molecule has 1 heterocycles. The van der Waals surface area contributed by atoms with Gasteiger partial charge in [0, 0.05) is 6.54 Å². The van der Waals surface area contributed by atoms with Crippen LogP contribution < -0.4 is 5.73 Å². The molecule has 5 heteroatoms. The highest BCUT2D eigenvalue weighted by Crippen LogP contribution is 2.13. The minimum Gasteiger partial charge on any atom is -0.393 e. The summed E-state index contributed by atoms with van der Waals surface area (Å²) in [5.41, 5.74) is 6.37. The third kappa shape index (κ3) is 2.97. The summed E-state index contributed by atoms with van der Waals surface area (Å²) < 4.78 is 1.86. The van der Waals surface area contributed by atoms with Gasteiger partial charge in [0.1, 0.15) is 0 Å². The quantitative estimate of drug-likeness (QED) is 0.784. The number of nitrogens with zero attached hydrogens (tertiary/aromatic N) is 2. The monoisotopic (exact) mass is 217 g/mol. The second-order valence-corrected chi connectivity index (χ2v) is 3.80. The number of aryl methyl sites for hydroxylation is 1. The van der Waals surface area contributed by atoms with Crippen LogP contribution in [-0.2, 0) is 6.54 Å². The SMILES string of the molecule is Cc1c(Cl)cnn1CCCC(N)=S. The number of hydrogen-bond donors (Lipinski definition) is 1. The molecule has 3 nitrogen and oxygen atoms in total. The maximum absolute atomic E-state index is 5.84. The zero-order valence-electron chi connectivity index (χ0n) is 7.46. The van der Waals surface area contributed by atoms with Gasteiger partial charge in [-0.25, -0.2) is 0 Å². The molecule has 0 saturated carbocycles. The fraction of sp³-hybridized carbons (Fsp3) is 0.500. The van der Waals surface area contributed by atoms with Crippen molar-refractivity contribution in [1.82, 2.24) is 9.78 Å². The summed E-state index contributed by atoms with van der Waals surface area (Å²) in [6.07, 6.45) is 3.32. The summed E-state index contributed by atoms with van der Waals surface area (Å²) in [6.45, 7) is 2.76. The van der Waals surface area contributed by atoms with E-state index in [1.54, 1.807) is 6.20 Å². The summed E-state index contributed by atoms with van der Waals surface area (Å²) in [5.74, 6) is 0. The van der Waals surface area contributed by atoms with Gasteiger partial charge >= 0.3 is 0 Å². The molecule has 13 heavy (non-hydrogen) atoms. The second-order valence-electron chi connectivity index (χ2n) is 2.87. The first-order chi connectivity index (χ1) is 6.11. The first-order valence-electron chi connectivity index (χ1n) is 4.07. The fourth-order valence-electron chi connectivity index (χ4n) is 1.05. The van der Waals surface area contributed by atoms with Crippen molar-refractivity contribution in [1.29, 1.82) is 0 Å². The molecule has 0 bridgehead atoms. The van der Waals surface area contributed by atoms with Crippen LogP contribution >= 0.6 is 23.8 Å². The fourth-order valence-corrected chi connectivity index (χ4v) is 1.34. The topological polar surface area (TPSA) is 43.8 Å². The highest BCUT2D eigenvalue weighted by atomic mass is 35.5.